The lowest BCUT2D eigenvalue weighted by Gasteiger charge is -2.18. The van der Waals surface area contributed by atoms with Gasteiger partial charge in [0.2, 0.25) is 0 Å². The van der Waals surface area contributed by atoms with Crippen molar-refractivity contribution >= 4 is 42.4 Å². The second-order valence-corrected chi connectivity index (χ2v) is 9.84. The van der Waals surface area contributed by atoms with Crippen molar-refractivity contribution in [1.82, 2.24) is 0 Å². The van der Waals surface area contributed by atoms with E-state index in [9.17, 15) is 9.59 Å². The maximum Gasteiger partial charge on any atom is 0.338 e. The standard InChI is InChI=1S/C20H23IO5S.C3H8O/c1-12-9-15-11-26-20(23)17(15)19(25-7-8-27-21)16(18(12)24-2)6-5-14(10-22)13-3-4-13;1-3-4-2/h5,9-10,13,15H,3-4,6-8,11H2,1-2H3;3H2,1-2H3/b14-5-;. The number of aldehydes is 1. The molecule has 0 aromatic carbocycles. The third-order valence-electron chi connectivity index (χ3n) is 5.21. The third kappa shape index (κ3) is 7.12. The van der Waals surface area contributed by atoms with Gasteiger partial charge in [0.15, 0.2) is 0 Å². The molecule has 0 N–H and O–H groups in total. The molecule has 1 atom stereocenters. The van der Waals surface area contributed by atoms with E-state index in [1.54, 1.807) is 23.2 Å². The van der Waals surface area contributed by atoms with Gasteiger partial charge in [-0.25, -0.2) is 4.79 Å². The molecule has 0 bridgehead atoms. The van der Waals surface area contributed by atoms with Crippen LogP contribution >= 0.6 is 30.1 Å². The fraction of sp³-hybridized carbons (Fsp3) is 0.565. The van der Waals surface area contributed by atoms with E-state index in [0.29, 0.717) is 42.6 Å². The van der Waals surface area contributed by atoms with Crippen LogP contribution < -0.4 is 0 Å². The molecular weight excluding hydrogens is 531 g/mol. The largest absolute Gasteiger partial charge is 0.496 e. The van der Waals surface area contributed by atoms with Crippen LogP contribution in [0.25, 0.3) is 0 Å². The summed E-state index contributed by atoms with van der Waals surface area (Å²) < 4.78 is 21.6. The average Bonchev–Trinajstić information content (AvgIpc) is 3.56. The van der Waals surface area contributed by atoms with E-state index in [1.807, 2.05) is 26.0 Å². The van der Waals surface area contributed by atoms with Crippen LogP contribution in [0, 0.1) is 11.8 Å². The molecule has 172 valence electrons. The van der Waals surface area contributed by atoms with Gasteiger partial charge in [-0.1, -0.05) is 21.1 Å². The zero-order valence-corrected chi connectivity index (χ0v) is 21.5. The third-order valence-corrected chi connectivity index (χ3v) is 6.86. The first-order valence-electron chi connectivity index (χ1n) is 10.4. The van der Waals surface area contributed by atoms with Crippen LogP contribution in [0.2, 0.25) is 0 Å². The van der Waals surface area contributed by atoms with Crippen molar-refractivity contribution in [3.8, 4) is 0 Å². The zero-order chi connectivity index (χ0) is 22.8. The Bertz CT molecular complexity index is 777. The summed E-state index contributed by atoms with van der Waals surface area (Å²) in [6, 6.07) is 0. The number of carbonyl (C=O) groups excluding carboxylic acids is 2. The Morgan fingerprint density at radius 1 is 1.32 bits per heavy atom. The molecule has 1 saturated carbocycles. The fourth-order valence-corrected chi connectivity index (χ4v) is 4.19. The molecule has 2 fully saturated rings. The lowest BCUT2D eigenvalue weighted by atomic mass is 9.97. The highest BCUT2D eigenvalue weighted by molar-refractivity contribution is 14.2. The Balaban J connectivity index is 0.000000785. The maximum atomic E-state index is 12.4. The van der Waals surface area contributed by atoms with Crippen molar-refractivity contribution in [2.24, 2.45) is 11.8 Å². The van der Waals surface area contributed by atoms with Crippen LogP contribution in [0.4, 0.5) is 0 Å². The van der Waals surface area contributed by atoms with Crippen LogP contribution in [0.15, 0.2) is 46.0 Å². The summed E-state index contributed by atoms with van der Waals surface area (Å²) in [5, 5.41) is 0. The summed E-state index contributed by atoms with van der Waals surface area (Å²) in [5.41, 5.74) is 3.13. The molecule has 1 unspecified atom stereocenters. The van der Waals surface area contributed by atoms with Crippen LogP contribution in [0.1, 0.15) is 33.1 Å². The Morgan fingerprint density at radius 3 is 2.58 bits per heavy atom. The number of carbonyl (C=O) groups is 2. The molecule has 0 aromatic rings. The smallest absolute Gasteiger partial charge is 0.338 e. The number of allylic oxidation sites excluding steroid dienone is 4. The number of ether oxygens (including phenoxy) is 4. The van der Waals surface area contributed by atoms with Crippen molar-refractivity contribution in [3.05, 3.63) is 46.0 Å². The summed E-state index contributed by atoms with van der Waals surface area (Å²) in [6.07, 6.45) is 7.50. The highest BCUT2D eigenvalue weighted by atomic mass is 127. The Labute approximate surface area is 201 Å². The first kappa shape index (κ1) is 26.0. The highest BCUT2D eigenvalue weighted by Crippen LogP contribution is 2.40. The quantitative estimate of drug-likeness (QED) is 0.123. The number of rotatable bonds is 10. The lowest BCUT2D eigenvalue weighted by molar-refractivity contribution is -0.135. The fourth-order valence-electron chi connectivity index (χ4n) is 3.51. The van der Waals surface area contributed by atoms with Crippen molar-refractivity contribution in [1.29, 1.82) is 0 Å². The van der Waals surface area contributed by atoms with Gasteiger partial charge < -0.3 is 18.9 Å². The second kappa shape index (κ2) is 13.3. The molecule has 0 amide bonds. The molecule has 8 heteroatoms. The predicted molar refractivity (Wildman–Crippen MR) is 131 cm³/mol. The van der Waals surface area contributed by atoms with Crippen molar-refractivity contribution in [2.45, 2.75) is 33.1 Å². The molecule has 3 rings (SSSR count). The Morgan fingerprint density at radius 2 is 2.03 bits per heavy atom. The Kier molecular flexibility index (Phi) is 11.2. The highest BCUT2D eigenvalue weighted by Gasteiger charge is 2.38. The van der Waals surface area contributed by atoms with E-state index in [1.165, 1.54) is 0 Å². The molecule has 3 aliphatic rings. The molecule has 1 heterocycles. The number of halogens is 1. The summed E-state index contributed by atoms with van der Waals surface area (Å²) in [5.74, 6) is 1.96. The van der Waals surface area contributed by atoms with Crippen LogP contribution in [0.3, 0.4) is 0 Å². The molecule has 0 spiro atoms. The predicted octanol–water partition coefficient (Wildman–Crippen LogP) is 4.95. The second-order valence-electron chi connectivity index (χ2n) is 7.35. The Hall–Kier alpha value is -1.26. The summed E-state index contributed by atoms with van der Waals surface area (Å²) in [6.45, 7) is 5.55. The van der Waals surface area contributed by atoms with Crippen molar-refractivity contribution < 1.29 is 28.5 Å². The molecule has 31 heavy (non-hydrogen) atoms. The van der Waals surface area contributed by atoms with E-state index >= 15 is 0 Å². The molecular formula is C23H31IO6S. The number of methoxy groups -OCH3 is 2. The van der Waals surface area contributed by atoms with E-state index in [2.05, 4.69) is 25.9 Å². The van der Waals surface area contributed by atoms with Gasteiger partial charge in [0.25, 0.3) is 0 Å². The minimum Gasteiger partial charge on any atom is -0.496 e. The number of hydrogen-bond donors (Lipinski definition) is 0. The molecule has 0 radical (unpaired) electrons. The number of fused-ring (bicyclic) bond motifs is 1. The summed E-state index contributed by atoms with van der Waals surface area (Å²) in [7, 11) is 4.96. The van der Waals surface area contributed by atoms with Gasteiger partial charge >= 0.3 is 5.97 Å². The van der Waals surface area contributed by atoms with Crippen molar-refractivity contribution in [3.63, 3.8) is 0 Å². The normalized spacial score (nSPS) is 20.9. The molecule has 0 aromatic heterocycles. The van der Waals surface area contributed by atoms with Crippen molar-refractivity contribution in [2.75, 3.05) is 39.8 Å². The van der Waals surface area contributed by atoms with Crippen LogP contribution in [-0.2, 0) is 28.5 Å². The van der Waals surface area contributed by atoms with Gasteiger partial charge in [0, 0.05) is 31.0 Å². The average molecular weight is 562 g/mol. The van der Waals surface area contributed by atoms with E-state index < -0.39 is 0 Å². The van der Waals surface area contributed by atoms with Gasteiger partial charge in [-0.15, -0.1) is 0 Å². The molecule has 2 aliphatic carbocycles. The van der Waals surface area contributed by atoms with Gasteiger partial charge in [0.1, 0.15) is 24.4 Å². The SMILES string of the molecule is CCOC.COC1=C(C/C=C(/C=O)C2CC2)C(OCCSI)=C2C(=O)OCC2C=C1C. The minimum absolute atomic E-state index is 0.139. The minimum atomic E-state index is -0.335. The summed E-state index contributed by atoms with van der Waals surface area (Å²) in [4.78, 5) is 23.9. The first-order valence-corrected chi connectivity index (χ1v) is 13.9. The number of esters is 1. The van der Waals surface area contributed by atoms with Crippen LogP contribution in [0.5, 0.6) is 0 Å². The topological polar surface area (TPSA) is 71.1 Å². The van der Waals surface area contributed by atoms with Crippen LogP contribution in [-0.4, -0.2) is 52.0 Å². The van der Waals surface area contributed by atoms with E-state index in [0.717, 1.165) is 48.2 Å². The van der Waals surface area contributed by atoms with E-state index in [-0.39, 0.29) is 11.9 Å². The number of cyclic esters (lactones) is 1. The molecule has 1 aliphatic heterocycles. The first-order chi connectivity index (χ1) is 15.0. The van der Waals surface area contributed by atoms with Gasteiger partial charge in [-0.3, -0.25) is 4.79 Å². The summed E-state index contributed by atoms with van der Waals surface area (Å²) >= 11 is 2.22. The van der Waals surface area contributed by atoms with Gasteiger partial charge in [0.05, 0.1) is 19.3 Å². The number of hydrogen-bond acceptors (Lipinski definition) is 7. The zero-order valence-electron chi connectivity index (χ0n) is 18.6. The molecule has 1 saturated heterocycles. The molecule has 6 nitrogen and oxygen atoms in total. The maximum absolute atomic E-state index is 12.4. The lowest BCUT2D eigenvalue weighted by Crippen LogP contribution is -2.11. The van der Waals surface area contributed by atoms with E-state index in [4.69, 9.17) is 14.2 Å². The van der Waals surface area contributed by atoms with Gasteiger partial charge in [-0.05, 0) is 71.4 Å². The monoisotopic (exact) mass is 562 g/mol. The van der Waals surface area contributed by atoms with Gasteiger partial charge in [-0.2, -0.15) is 0 Å².